The number of hydrogen-bond acceptors (Lipinski definition) is 7. The highest BCUT2D eigenvalue weighted by Crippen LogP contribution is 2.37. The summed E-state index contributed by atoms with van der Waals surface area (Å²) in [5.41, 5.74) is 3.17. The number of allylic oxidation sites excluding steroid dienone is 1. The molecule has 0 radical (unpaired) electrons. The summed E-state index contributed by atoms with van der Waals surface area (Å²) in [4.78, 5) is 8.04. The molecule has 1 aromatic heterocycles. The summed E-state index contributed by atoms with van der Waals surface area (Å²) >= 11 is 0. The molecule has 0 aliphatic heterocycles. The molecule has 170 valence electrons. The lowest BCUT2D eigenvalue weighted by atomic mass is 10.0. The van der Waals surface area contributed by atoms with Crippen molar-refractivity contribution in [2.24, 2.45) is 0 Å². The highest BCUT2D eigenvalue weighted by Gasteiger charge is 2.26. The third-order valence-corrected chi connectivity index (χ3v) is 6.22. The second-order valence-electron chi connectivity index (χ2n) is 7.81. The number of nitrogens with zero attached hydrogens (tertiary/aromatic N) is 4. The number of ether oxygens (including phenoxy) is 1. The van der Waals surface area contributed by atoms with Gasteiger partial charge in [-0.05, 0) is 50.1 Å². The fourth-order valence-electron chi connectivity index (χ4n) is 3.36. The summed E-state index contributed by atoms with van der Waals surface area (Å²) in [5, 5.41) is 4.11. The molecule has 3 aromatic rings. The van der Waals surface area contributed by atoms with Gasteiger partial charge in [-0.2, -0.15) is 17.7 Å². The molecule has 0 atom stereocenters. The van der Waals surface area contributed by atoms with E-state index in [1.165, 1.54) is 14.1 Å². The van der Waals surface area contributed by atoms with Gasteiger partial charge in [-0.15, -0.1) is 0 Å². The zero-order chi connectivity index (χ0) is 23.8. The SMILES string of the molecule is [C-]#[N+]c1cc(-c2nc(-c3cccc4c3CC=C4OS(=O)(=O)N(C)C)no2)ccc1OC(C)C. The van der Waals surface area contributed by atoms with E-state index < -0.39 is 10.3 Å². The van der Waals surface area contributed by atoms with E-state index in [0.717, 1.165) is 9.87 Å². The first-order valence-corrected chi connectivity index (χ1v) is 11.5. The van der Waals surface area contributed by atoms with Crippen molar-refractivity contribution in [1.82, 2.24) is 14.4 Å². The second kappa shape index (κ2) is 8.69. The third kappa shape index (κ3) is 4.46. The first-order valence-electron chi connectivity index (χ1n) is 10.2. The van der Waals surface area contributed by atoms with Gasteiger partial charge >= 0.3 is 10.3 Å². The van der Waals surface area contributed by atoms with Gasteiger partial charge in [-0.1, -0.05) is 23.4 Å². The molecule has 33 heavy (non-hydrogen) atoms. The Labute approximate surface area is 192 Å². The number of fused-ring (bicyclic) bond motifs is 1. The summed E-state index contributed by atoms with van der Waals surface area (Å²) < 4.78 is 41.7. The van der Waals surface area contributed by atoms with E-state index in [0.29, 0.717) is 40.4 Å². The number of rotatable bonds is 7. The van der Waals surface area contributed by atoms with Crippen molar-refractivity contribution < 1.29 is 21.9 Å². The molecule has 1 aliphatic carbocycles. The molecule has 9 nitrogen and oxygen atoms in total. The Bertz CT molecular complexity index is 1380. The predicted octanol–water partition coefficient (Wildman–Crippen LogP) is 4.46. The summed E-state index contributed by atoms with van der Waals surface area (Å²) in [6.45, 7) is 11.2. The Hall–Kier alpha value is -3.68. The molecule has 0 saturated heterocycles. The van der Waals surface area contributed by atoms with Crippen LogP contribution in [0.2, 0.25) is 0 Å². The Morgan fingerprint density at radius 3 is 2.64 bits per heavy atom. The molecular formula is C23H22N4O5S. The lowest BCUT2D eigenvalue weighted by molar-refractivity contribution is 0.244. The van der Waals surface area contributed by atoms with Gasteiger partial charge in [0.2, 0.25) is 11.5 Å². The van der Waals surface area contributed by atoms with Crippen LogP contribution < -0.4 is 4.74 Å². The summed E-state index contributed by atoms with van der Waals surface area (Å²) in [7, 11) is -1.06. The lowest BCUT2D eigenvalue weighted by Crippen LogP contribution is -2.23. The van der Waals surface area contributed by atoms with Gasteiger partial charge in [0.05, 0.1) is 12.7 Å². The molecular weight excluding hydrogens is 444 g/mol. The molecule has 0 saturated carbocycles. The molecule has 1 heterocycles. The highest BCUT2D eigenvalue weighted by atomic mass is 32.2. The molecule has 0 fully saturated rings. The smallest absolute Gasteiger partial charge is 0.384 e. The lowest BCUT2D eigenvalue weighted by Gasteiger charge is -2.14. The van der Waals surface area contributed by atoms with E-state index in [2.05, 4.69) is 15.0 Å². The largest absolute Gasteiger partial charge is 0.502 e. The third-order valence-electron chi connectivity index (χ3n) is 4.93. The minimum atomic E-state index is -3.87. The first-order chi connectivity index (χ1) is 15.7. The number of hydrogen-bond donors (Lipinski definition) is 0. The summed E-state index contributed by atoms with van der Waals surface area (Å²) in [6.07, 6.45) is 2.13. The van der Waals surface area contributed by atoms with Crippen LogP contribution in [-0.2, 0) is 20.9 Å². The van der Waals surface area contributed by atoms with Crippen molar-refractivity contribution in [3.63, 3.8) is 0 Å². The molecule has 1 aliphatic rings. The minimum absolute atomic E-state index is 0.0540. The summed E-state index contributed by atoms with van der Waals surface area (Å²) in [5.74, 6) is 1.39. The van der Waals surface area contributed by atoms with Gasteiger partial charge in [-0.25, -0.2) is 4.85 Å². The Morgan fingerprint density at radius 2 is 1.94 bits per heavy atom. The predicted molar refractivity (Wildman–Crippen MR) is 123 cm³/mol. The maximum absolute atomic E-state index is 12.1. The average molecular weight is 467 g/mol. The van der Waals surface area contributed by atoms with Gasteiger partial charge in [0, 0.05) is 30.8 Å². The maximum Gasteiger partial charge on any atom is 0.384 e. The molecule has 0 amide bonds. The van der Waals surface area contributed by atoms with Crippen molar-refractivity contribution in [2.75, 3.05) is 14.1 Å². The van der Waals surface area contributed by atoms with Crippen molar-refractivity contribution in [3.05, 3.63) is 65.0 Å². The van der Waals surface area contributed by atoms with Crippen LogP contribution >= 0.6 is 0 Å². The quantitative estimate of drug-likeness (QED) is 0.474. The first kappa shape index (κ1) is 22.5. The zero-order valence-corrected chi connectivity index (χ0v) is 19.4. The van der Waals surface area contributed by atoms with E-state index in [4.69, 9.17) is 20.0 Å². The van der Waals surface area contributed by atoms with E-state index in [9.17, 15) is 8.42 Å². The van der Waals surface area contributed by atoms with Gasteiger partial charge in [-0.3, -0.25) is 0 Å². The second-order valence-corrected chi connectivity index (χ2v) is 9.56. The molecule has 0 N–H and O–H groups in total. The Morgan fingerprint density at radius 1 is 1.18 bits per heavy atom. The maximum atomic E-state index is 12.1. The Kier molecular flexibility index (Phi) is 5.93. The van der Waals surface area contributed by atoms with Crippen molar-refractivity contribution in [1.29, 1.82) is 0 Å². The van der Waals surface area contributed by atoms with Gasteiger partial charge in [0.1, 0.15) is 11.5 Å². The van der Waals surface area contributed by atoms with E-state index in [1.54, 1.807) is 36.4 Å². The van der Waals surface area contributed by atoms with Crippen molar-refractivity contribution in [3.8, 4) is 28.6 Å². The molecule has 2 aromatic carbocycles. The van der Waals surface area contributed by atoms with Crippen LogP contribution in [0.3, 0.4) is 0 Å². The highest BCUT2D eigenvalue weighted by molar-refractivity contribution is 7.84. The van der Waals surface area contributed by atoms with Crippen LogP contribution in [-0.4, -0.2) is 43.1 Å². The molecule has 0 unspecified atom stereocenters. The number of aromatic nitrogens is 2. The van der Waals surface area contributed by atoms with Gasteiger partial charge in [0.15, 0.2) is 0 Å². The minimum Gasteiger partial charge on any atom is -0.502 e. The van der Waals surface area contributed by atoms with Crippen LogP contribution in [0.1, 0.15) is 25.0 Å². The van der Waals surface area contributed by atoms with Crippen molar-refractivity contribution in [2.45, 2.75) is 26.4 Å². The van der Waals surface area contributed by atoms with Gasteiger partial charge < -0.3 is 13.4 Å². The fourth-order valence-corrected chi connectivity index (χ4v) is 3.89. The van der Waals surface area contributed by atoms with Crippen molar-refractivity contribution >= 4 is 21.8 Å². The molecule has 0 spiro atoms. The fraction of sp³-hybridized carbons (Fsp3) is 0.261. The van der Waals surface area contributed by atoms with Gasteiger partial charge in [0.25, 0.3) is 5.89 Å². The topological polar surface area (TPSA) is 99.1 Å². The van der Waals surface area contributed by atoms with E-state index >= 15 is 0 Å². The van der Waals surface area contributed by atoms with Crippen LogP contribution in [0.4, 0.5) is 5.69 Å². The van der Waals surface area contributed by atoms with Crippen LogP contribution in [0, 0.1) is 6.57 Å². The standard InChI is InChI=1S/C23H22N4O5S/c1-14(2)30-21-11-9-15(13-19(21)24-3)23-25-22(26-31-23)18-8-6-7-17-16(18)10-12-20(17)32-33(28,29)27(4)5/h6-9,11-14H,10H2,1-2,4-5H3. The van der Waals surface area contributed by atoms with E-state index in [1.807, 2.05) is 19.9 Å². The van der Waals surface area contributed by atoms with Crippen LogP contribution in [0.15, 0.2) is 47.0 Å². The molecule has 0 bridgehead atoms. The number of benzene rings is 2. The molecule has 4 rings (SSSR count). The average Bonchev–Trinajstić information content (AvgIpc) is 3.41. The van der Waals surface area contributed by atoms with Crippen LogP contribution in [0.5, 0.6) is 5.75 Å². The van der Waals surface area contributed by atoms with E-state index in [-0.39, 0.29) is 17.8 Å². The zero-order valence-electron chi connectivity index (χ0n) is 18.6. The van der Waals surface area contributed by atoms with Crippen LogP contribution in [0.25, 0.3) is 33.4 Å². The Balaban J connectivity index is 1.64. The summed E-state index contributed by atoms with van der Waals surface area (Å²) in [6, 6.07) is 10.5. The normalized spacial score (nSPS) is 13.1. The molecule has 10 heteroatoms. The monoisotopic (exact) mass is 466 g/mol.